The van der Waals surface area contributed by atoms with Crippen LogP contribution in [0.1, 0.15) is 26.2 Å². The predicted octanol–water partition coefficient (Wildman–Crippen LogP) is -5.63. The van der Waals surface area contributed by atoms with E-state index in [-0.39, 0.29) is 32.0 Å². The largest absolute Gasteiger partial charge is 0.388 e. The van der Waals surface area contributed by atoms with Crippen molar-refractivity contribution in [2.75, 3.05) is 33.4 Å². The number of carbonyl (C=O) groups is 1. The van der Waals surface area contributed by atoms with Gasteiger partial charge in [-0.2, -0.15) is 0 Å². The minimum absolute atomic E-state index is 0.0135. The molecule has 1 aliphatic carbocycles. The standard InChI is InChI=1S/C24H47FN8O9/c1-24(38)9-39-23(17(36)20(24)30-2)42-19-13(33-21(37)14(34)8-32-29)5-12(27)18(16(19)35)41-22-11(26)4-3-10(40-22)7-31-15(28)6-25/h10-14,16-20,22-23,30,32,34-36,38H,3-9,26-27,29H2,1-2H3,(H2,28,31)(H,33,37)/t10-,11+,12-,13+,14-,16-,17+,18+,19-,20+,22+,23+,24-/m0/s1. The lowest BCUT2D eigenvalue weighted by Crippen LogP contribution is -2.69. The van der Waals surface area contributed by atoms with E-state index in [2.05, 4.69) is 21.1 Å². The Hall–Kier alpha value is -1.65. The number of halogens is 1. The zero-order valence-electron chi connectivity index (χ0n) is 23.8. The van der Waals surface area contributed by atoms with Crippen molar-refractivity contribution in [1.29, 1.82) is 0 Å². The van der Waals surface area contributed by atoms with Crippen molar-refractivity contribution >= 4 is 11.7 Å². The maximum Gasteiger partial charge on any atom is 0.250 e. The van der Waals surface area contributed by atoms with Gasteiger partial charge in [0, 0.05) is 12.6 Å². The molecule has 2 saturated heterocycles. The molecule has 0 aromatic carbocycles. The molecule has 42 heavy (non-hydrogen) atoms. The number of nitrogens with zero attached hydrogens (tertiary/aromatic N) is 1. The Kier molecular flexibility index (Phi) is 12.8. The number of likely N-dealkylation sites (N-methyl/N-ethyl adjacent to an activating group) is 1. The van der Waals surface area contributed by atoms with E-state index < -0.39 is 91.6 Å². The smallest absolute Gasteiger partial charge is 0.250 e. The average Bonchev–Trinajstić information content (AvgIpc) is 2.94. The highest BCUT2D eigenvalue weighted by molar-refractivity contribution is 5.81. The summed E-state index contributed by atoms with van der Waals surface area (Å²) in [5.41, 5.74) is 18.9. The number of amides is 1. The minimum atomic E-state index is -1.52. The van der Waals surface area contributed by atoms with E-state index in [0.717, 1.165) is 0 Å². The maximum atomic E-state index is 12.7. The van der Waals surface area contributed by atoms with Gasteiger partial charge in [0.05, 0.1) is 37.4 Å². The van der Waals surface area contributed by atoms with E-state index in [1.807, 2.05) is 0 Å². The molecule has 3 fully saturated rings. The Bertz CT molecular complexity index is 908. The molecule has 0 spiro atoms. The van der Waals surface area contributed by atoms with Gasteiger partial charge in [-0.3, -0.25) is 21.1 Å². The number of alkyl halides is 1. The molecule has 0 aromatic heterocycles. The SMILES string of the molecule is CN[C@@H]1[C@@H](O)[C@@H](O[C@@H]2[C@@H](O)[C@H](O[C@H]3O[C@H](CN=C(N)CF)CC[C@H]3N)[C@@H](N)C[C@H]2NC(=O)[C@@H](O)CNN)OC[C@]1(C)O. The van der Waals surface area contributed by atoms with Crippen LogP contribution in [0.2, 0.25) is 0 Å². The molecule has 15 N–H and O–H groups in total. The second-order valence-electron chi connectivity index (χ2n) is 11.3. The fourth-order valence-corrected chi connectivity index (χ4v) is 5.50. The molecule has 3 rings (SSSR count). The van der Waals surface area contributed by atoms with E-state index in [1.54, 1.807) is 7.05 Å². The van der Waals surface area contributed by atoms with Crippen LogP contribution in [-0.2, 0) is 23.7 Å². The van der Waals surface area contributed by atoms with Crippen molar-refractivity contribution < 1.29 is 48.6 Å². The van der Waals surface area contributed by atoms with E-state index in [4.69, 9.17) is 42.0 Å². The number of hydrazine groups is 1. The first-order valence-corrected chi connectivity index (χ1v) is 13.9. The molecule has 2 aliphatic heterocycles. The Labute approximate surface area is 243 Å². The van der Waals surface area contributed by atoms with Gasteiger partial charge in [0.15, 0.2) is 12.6 Å². The molecule has 0 radical (unpaired) electrons. The molecular weight excluding hydrogens is 563 g/mol. The van der Waals surface area contributed by atoms with Crippen LogP contribution in [0.5, 0.6) is 0 Å². The number of ether oxygens (including phenoxy) is 4. The van der Waals surface area contributed by atoms with Crippen LogP contribution in [0.3, 0.4) is 0 Å². The molecule has 244 valence electrons. The number of nitrogens with one attached hydrogen (secondary N) is 3. The van der Waals surface area contributed by atoms with Crippen LogP contribution in [0.25, 0.3) is 0 Å². The third-order valence-electron chi connectivity index (χ3n) is 7.82. The molecule has 0 unspecified atom stereocenters. The number of hydrogen-bond donors (Lipinski definition) is 11. The van der Waals surface area contributed by atoms with E-state index in [0.29, 0.717) is 12.8 Å². The van der Waals surface area contributed by atoms with E-state index in [1.165, 1.54) is 6.92 Å². The number of hydrogen-bond acceptors (Lipinski definition) is 15. The molecule has 18 heteroatoms. The van der Waals surface area contributed by atoms with Crippen molar-refractivity contribution in [2.24, 2.45) is 28.0 Å². The normalized spacial score (nSPS) is 42.2. The minimum Gasteiger partial charge on any atom is -0.388 e. The lowest BCUT2D eigenvalue weighted by Gasteiger charge is -2.49. The van der Waals surface area contributed by atoms with E-state index in [9.17, 15) is 29.6 Å². The highest BCUT2D eigenvalue weighted by atomic mass is 19.1. The Balaban J connectivity index is 1.80. The topological polar surface area (TPSA) is 287 Å². The third kappa shape index (κ3) is 8.50. The first-order valence-electron chi connectivity index (χ1n) is 13.9. The van der Waals surface area contributed by atoms with Crippen LogP contribution in [0.4, 0.5) is 4.39 Å². The lowest BCUT2D eigenvalue weighted by atomic mass is 9.83. The lowest BCUT2D eigenvalue weighted by molar-refractivity contribution is -0.307. The number of rotatable bonds is 12. The third-order valence-corrected chi connectivity index (χ3v) is 7.82. The van der Waals surface area contributed by atoms with Crippen LogP contribution in [0, 0.1) is 0 Å². The molecule has 0 aromatic rings. The van der Waals surface area contributed by atoms with Gasteiger partial charge >= 0.3 is 0 Å². The van der Waals surface area contributed by atoms with E-state index >= 15 is 0 Å². The summed E-state index contributed by atoms with van der Waals surface area (Å²) in [5, 5.41) is 48.6. The molecule has 3 aliphatic rings. The number of carbonyl (C=O) groups excluding carboxylic acids is 1. The predicted molar refractivity (Wildman–Crippen MR) is 146 cm³/mol. The summed E-state index contributed by atoms with van der Waals surface area (Å²) in [5.74, 6) is 4.25. The fraction of sp³-hybridized carbons (Fsp3) is 0.917. The van der Waals surface area contributed by atoms with Crippen molar-refractivity contribution in [1.82, 2.24) is 16.1 Å². The highest BCUT2D eigenvalue weighted by Gasteiger charge is 2.52. The molecular formula is C24H47FN8O9. The van der Waals surface area contributed by atoms with Crippen molar-refractivity contribution in [2.45, 2.75) is 105 Å². The maximum absolute atomic E-state index is 12.7. The summed E-state index contributed by atoms with van der Waals surface area (Å²) < 4.78 is 36.4. The molecule has 1 amide bonds. The van der Waals surface area contributed by atoms with Gasteiger partial charge in [-0.1, -0.05) is 0 Å². The van der Waals surface area contributed by atoms with Gasteiger partial charge in [0.1, 0.15) is 48.6 Å². The molecule has 1 saturated carbocycles. The van der Waals surface area contributed by atoms with Crippen molar-refractivity contribution in [3.8, 4) is 0 Å². The van der Waals surface area contributed by atoms with Gasteiger partial charge in [0.2, 0.25) is 0 Å². The quantitative estimate of drug-likeness (QED) is 0.0425. The highest BCUT2D eigenvalue weighted by Crippen LogP contribution is 2.32. The fourth-order valence-electron chi connectivity index (χ4n) is 5.50. The summed E-state index contributed by atoms with van der Waals surface area (Å²) in [4.78, 5) is 16.6. The van der Waals surface area contributed by atoms with Crippen LogP contribution >= 0.6 is 0 Å². The second-order valence-corrected chi connectivity index (χ2v) is 11.3. The van der Waals surface area contributed by atoms with Crippen molar-refractivity contribution in [3.63, 3.8) is 0 Å². The summed E-state index contributed by atoms with van der Waals surface area (Å²) in [6.45, 7) is 0.240. The number of aliphatic hydroxyl groups excluding tert-OH is 3. The number of amidine groups is 1. The van der Waals surface area contributed by atoms with Crippen LogP contribution < -0.4 is 39.1 Å². The molecule has 2 heterocycles. The molecule has 13 atom stereocenters. The molecule has 0 bridgehead atoms. The second kappa shape index (κ2) is 15.4. The number of nitrogens with two attached hydrogens (primary N) is 4. The number of aliphatic imine (C=N–C) groups is 1. The summed E-state index contributed by atoms with van der Waals surface area (Å²) >= 11 is 0. The Morgan fingerprint density at radius 1 is 1.17 bits per heavy atom. The van der Waals surface area contributed by atoms with Gasteiger partial charge in [-0.15, -0.1) is 0 Å². The van der Waals surface area contributed by atoms with Gasteiger partial charge < -0.3 is 67.2 Å². The molecule has 17 nitrogen and oxygen atoms in total. The Morgan fingerprint density at radius 2 is 1.86 bits per heavy atom. The van der Waals surface area contributed by atoms with Gasteiger partial charge in [0.25, 0.3) is 5.91 Å². The van der Waals surface area contributed by atoms with Gasteiger partial charge in [-0.05, 0) is 33.2 Å². The first-order chi connectivity index (χ1) is 19.8. The average molecular weight is 611 g/mol. The Morgan fingerprint density at radius 3 is 2.50 bits per heavy atom. The van der Waals surface area contributed by atoms with Crippen LogP contribution in [0.15, 0.2) is 4.99 Å². The van der Waals surface area contributed by atoms with Crippen molar-refractivity contribution in [3.05, 3.63) is 0 Å². The zero-order valence-corrected chi connectivity index (χ0v) is 23.8. The van der Waals surface area contributed by atoms with Gasteiger partial charge in [-0.25, -0.2) is 4.39 Å². The summed E-state index contributed by atoms with van der Waals surface area (Å²) in [6.07, 6.45) is -8.57. The van der Waals surface area contributed by atoms with Crippen LogP contribution in [-0.4, -0.2) is 145 Å². The summed E-state index contributed by atoms with van der Waals surface area (Å²) in [6, 6.07) is -3.26. The zero-order chi connectivity index (χ0) is 31.2. The monoisotopic (exact) mass is 610 g/mol. The summed E-state index contributed by atoms with van der Waals surface area (Å²) in [7, 11) is 1.55. The first kappa shape index (κ1) is 34.8. The number of aliphatic hydroxyl groups is 4.